The zero-order valence-electron chi connectivity index (χ0n) is 29.5. The first-order valence-corrected chi connectivity index (χ1v) is 17.1. The number of ether oxygens (including phenoxy) is 8. The lowest BCUT2D eigenvalue weighted by Gasteiger charge is -2.48. The highest BCUT2D eigenvalue weighted by Gasteiger charge is 2.55. The summed E-state index contributed by atoms with van der Waals surface area (Å²) in [5.74, 6) is -3.11. The van der Waals surface area contributed by atoms with E-state index in [0.717, 1.165) is 13.8 Å². The van der Waals surface area contributed by atoms with Gasteiger partial charge in [-0.05, 0) is 16.7 Å². The van der Waals surface area contributed by atoms with Crippen LogP contribution in [0.2, 0.25) is 0 Å². The van der Waals surface area contributed by atoms with Gasteiger partial charge in [-0.15, -0.1) is 0 Å². The van der Waals surface area contributed by atoms with Crippen LogP contribution in [0, 0.1) is 0 Å². The van der Waals surface area contributed by atoms with Crippen molar-refractivity contribution in [1.82, 2.24) is 5.32 Å². The summed E-state index contributed by atoms with van der Waals surface area (Å²) in [5.41, 5.74) is 2.05. The fraction of sp³-hybridized carbons (Fsp3) is 0.421. The zero-order valence-corrected chi connectivity index (χ0v) is 29.5. The molecule has 16 nitrogen and oxygen atoms in total. The average molecular weight is 754 g/mol. The lowest BCUT2D eigenvalue weighted by atomic mass is 9.95. The molecule has 3 aromatic carbocycles. The number of hydrogen-bond acceptors (Lipinski definition) is 14. The summed E-state index contributed by atoms with van der Waals surface area (Å²) in [6.07, 6.45) is -15.5. The van der Waals surface area contributed by atoms with Crippen LogP contribution in [0.3, 0.4) is 0 Å². The maximum atomic E-state index is 13.1. The average Bonchev–Trinajstić information content (AvgIpc) is 3.15. The van der Waals surface area contributed by atoms with E-state index in [0.29, 0.717) is 16.7 Å². The molecule has 4 N–H and O–H groups in total. The van der Waals surface area contributed by atoms with Gasteiger partial charge in [-0.1, -0.05) is 91.0 Å². The second-order valence-corrected chi connectivity index (χ2v) is 12.6. The van der Waals surface area contributed by atoms with E-state index in [1.807, 2.05) is 0 Å². The first-order valence-electron chi connectivity index (χ1n) is 17.1. The molecule has 0 saturated carbocycles. The summed E-state index contributed by atoms with van der Waals surface area (Å²) < 4.78 is 46.5. The maximum absolute atomic E-state index is 13.1. The Labute approximate surface area is 310 Å². The van der Waals surface area contributed by atoms with Gasteiger partial charge in [0.25, 0.3) is 0 Å². The smallest absolute Gasteiger partial charge is 0.407 e. The summed E-state index contributed by atoms with van der Waals surface area (Å²) in [5, 5.41) is 35.1. The summed E-state index contributed by atoms with van der Waals surface area (Å²) >= 11 is 0. The molecule has 0 aromatic heterocycles. The molecule has 3 aromatic rings. The van der Waals surface area contributed by atoms with Crippen molar-refractivity contribution in [2.24, 2.45) is 0 Å². The predicted molar refractivity (Wildman–Crippen MR) is 184 cm³/mol. The second kappa shape index (κ2) is 19.4. The lowest BCUT2D eigenvalue weighted by molar-refractivity contribution is -0.348. The number of amides is 1. The molecule has 290 valence electrons. The Bertz CT molecular complexity index is 1660. The molecule has 0 radical (unpaired) electrons. The molecule has 2 heterocycles. The quantitative estimate of drug-likeness (QED) is 0.129. The van der Waals surface area contributed by atoms with Crippen molar-refractivity contribution in [2.45, 2.75) is 95.0 Å². The van der Waals surface area contributed by atoms with E-state index in [-0.39, 0.29) is 19.8 Å². The molecule has 10 atom stereocenters. The van der Waals surface area contributed by atoms with Crippen LogP contribution < -0.4 is 5.32 Å². The van der Waals surface area contributed by atoms with Crippen LogP contribution in [0.1, 0.15) is 30.5 Å². The van der Waals surface area contributed by atoms with Gasteiger partial charge in [-0.25, -0.2) is 9.59 Å². The van der Waals surface area contributed by atoms with Gasteiger partial charge in [-0.3, -0.25) is 9.59 Å². The van der Waals surface area contributed by atoms with Crippen molar-refractivity contribution in [3.8, 4) is 0 Å². The minimum atomic E-state index is -1.94. The molecule has 2 aliphatic rings. The fourth-order valence-electron chi connectivity index (χ4n) is 6.00. The van der Waals surface area contributed by atoms with E-state index in [1.165, 1.54) is 0 Å². The number of rotatable bonds is 15. The number of aliphatic hydroxyl groups excluding tert-OH is 2. The highest BCUT2D eigenvalue weighted by Crippen LogP contribution is 2.33. The summed E-state index contributed by atoms with van der Waals surface area (Å²) in [7, 11) is 0. The number of hydrogen-bond donors (Lipinski definition) is 4. The number of alkyl carbamates (subject to hydrolysis) is 1. The van der Waals surface area contributed by atoms with Gasteiger partial charge in [0.1, 0.15) is 49.8 Å². The fourth-order valence-corrected chi connectivity index (χ4v) is 6.00. The normalized spacial score (nSPS) is 28.0. The number of esters is 2. The first-order chi connectivity index (χ1) is 26.0. The van der Waals surface area contributed by atoms with Crippen LogP contribution in [0.5, 0.6) is 0 Å². The molecular weight excluding hydrogens is 710 g/mol. The van der Waals surface area contributed by atoms with Crippen molar-refractivity contribution >= 4 is 24.0 Å². The van der Waals surface area contributed by atoms with Crippen LogP contribution in [-0.4, -0.2) is 107 Å². The number of carboxylic acid groups (broad SMARTS) is 1. The second-order valence-electron chi connectivity index (χ2n) is 12.6. The van der Waals surface area contributed by atoms with E-state index in [9.17, 15) is 34.5 Å². The standard InChI is InChI=1S/C38H43NO15/c1-22(40)47-21-27-30(53-37-34(51-23(2)41)32(29(42)33(54-37)35(43)44)49-19-25-14-8-4-9-15-25)31(48-18-24-12-6-3-7-13-24)28(36(45)52-27)39-38(46)50-20-26-16-10-5-11-17-26/h3-17,27-34,36-37,42,45H,18-21H2,1-2H3,(H,39,46)(H,43,44)/t27-,28-,29+,30-,31-,32+,33-,34-,36+,37-/m1/s1. The molecule has 1 amide bonds. The molecule has 0 spiro atoms. The molecule has 2 saturated heterocycles. The SMILES string of the molecule is CC(=O)OC[C@H]1O[C@H](O)[C@H](NC(=O)OCc2ccccc2)[C@@H](OCc2ccccc2)[C@@H]1O[C@@H]1O[C@@H](C(=O)O)[C@@H](O)[C@H](OCc2ccccc2)[C@H]1OC(C)=O. The van der Waals surface area contributed by atoms with Gasteiger partial charge in [0.05, 0.1) is 13.2 Å². The Morgan fingerprint density at radius 1 is 0.667 bits per heavy atom. The molecule has 2 aliphatic heterocycles. The van der Waals surface area contributed by atoms with Gasteiger partial charge < -0.3 is 58.5 Å². The summed E-state index contributed by atoms with van der Waals surface area (Å²) in [4.78, 5) is 49.9. The Balaban J connectivity index is 1.49. The molecule has 5 rings (SSSR count). The van der Waals surface area contributed by atoms with Crippen LogP contribution in [0.15, 0.2) is 91.0 Å². The zero-order chi connectivity index (χ0) is 38.6. The van der Waals surface area contributed by atoms with Crippen molar-refractivity contribution in [3.63, 3.8) is 0 Å². The summed E-state index contributed by atoms with van der Waals surface area (Å²) in [6.45, 7) is 1.43. The van der Waals surface area contributed by atoms with Crippen molar-refractivity contribution in [3.05, 3.63) is 108 Å². The Kier molecular flexibility index (Phi) is 14.5. The highest BCUT2D eigenvalue weighted by molar-refractivity contribution is 5.73. The molecule has 54 heavy (non-hydrogen) atoms. The third-order valence-electron chi connectivity index (χ3n) is 8.54. The van der Waals surface area contributed by atoms with E-state index in [2.05, 4.69) is 5.32 Å². The Hall–Kier alpha value is -4.94. The Morgan fingerprint density at radius 2 is 1.20 bits per heavy atom. The molecular formula is C38H43NO15. The van der Waals surface area contributed by atoms with Crippen molar-refractivity contribution in [2.75, 3.05) is 6.61 Å². The van der Waals surface area contributed by atoms with Gasteiger partial charge in [-0.2, -0.15) is 0 Å². The van der Waals surface area contributed by atoms with Crippen LogP contribution in [0.25, 0.3) is 0 Å². The van der Waals surface area contributed by atoms with Crippen LogP contribution in [0.4, 0.5) is 4.79 Å². The number of nitrogens with one attached hydrogen (secondary N) is 1. The highest BCUT2D eigenvalue weighted by atomic mass is 16.7. The van der Waals surface area contributed by atoms with Gasteiger partial charge in [0.2, 0.25) is 0 Å². The van der Waals surface area contributed by atoms with Crippen LogP contribution in [-0.2, 0) is 72.1 Å². The van der Waals surface area contributed by atoms with Gasteiger partial charge in [0.15, 0.2) is 24.8 Å². The molecule has 0 aliphatic carbocycles. The maximum Gasteiger partial charge on any atom is 0.407 e. The topological polar surface area (TPSA) is 215 Å². The minimum absolute atomic E-state index is 0.0895. The molecule has 16 heteroatoms. The van der Waals surface area contributed by atoms with E-state index < -0.39 is 92.0 Å². The third kappa shape index (κ3) is 11.0. The van der Waals surface area contributed by atoms with E-state index in [4.69, 9.17) is 37.9 Å². The number of benzene rings is 3. The third-order valence-corrected chi connectivity index (χ3v) is 8.54. The van der Waals surface area contributed by atoms with Gasteiger partial charge in [0, 0.05) is 13.8 Å². The number of carbonyl (C=O) groups is 4. The molecule has 0 unspecified atom stereocenters. The largest absolute Gasteiger partial charge is 0.479 e. The van der Waals surface area contributed by atoms with Crippen molar-refractivity contribution in [1.29, 1.82) is 0 Å². The minimum Gasteiger partial charge on any atom is -0.479 e. The number of aliphatic hydroxyl groups is 2. The van der Waals surface area contributed by atoms with Gasteiger partial charge >= 0.3 is 24.0 Å². The number of aliphatic carboxylic acids is 1. The number of carboxylic acids is 1. The number of carbonyl (C=O) groups excluding carboxylic acids is 3. The van der Waals surface area contributed by atoms with Crippen molar-refractivity contribution < 1.29 is 72.4 Å². The Morgan fingerprint density at radius 3 is 1.72 bits per heavy atom. The van der Waals surface area contributed by atoms with Crippen LogP contribution >= 0.6 is 0 Å². The molecule has 0 bridgehead atoms. The molecule has 2 fully saturated rings. The lowest BCUT2D eigenvalue weighted by Crippen LogP contribution is -2.68. The summed E-state index contributed by atoms with van der Waals surface area (Å²) in [6, 6.07) is 25.1. The monoisotopic (exact) mass is 753 g/mol. The van der Waals surface area contributed by atoms with E-state index >= 15 is 0 Å². The first kappa shape index (κ1) is 40.2. The van der Waals surface area contributed by atoms with E-state index in [1.54, 1.807) is 91.0 Å². The predicted octanol–water partition coefficient (Wildman–Crippen LogP) is 2.22.